The van der Waals surface area contributed by atoms with Crippen LogP contribution in [0.3, 0.4) is 0 Å². The summed E-state index contributed by atoms with van der Waals surface area (Å²) in [7, 11) is 0. The third-order valence-electron chi connectivity index (χ3n) is 3.49. The molecule has 1 saturated carbocycles. The third-order valence-corrected chi connectivity index (χ3v) is 4.40. The fourth-order valence-electron chi connectivity index (χ4n) is 2.22. The average Bonchev–Trinajstić information content (AvgIpc) is 3.20. The number of nitrogens with two attached hydrogens (primary N) is 1. The van der Waals surface area contributed by atoms with Crippen LogP contribution in [0, 0.1) is 0 Å². The molecule has 0 aromatic carbocycles. The molecule has 0 bridgehead atoms. The normalized spacial score (nSPS) is 15.6. The van der Waals surface area contributed by atoms with Gasteiger partial charge in [-0.25, -0.2) is 4.79 Å². The number of amides is 1. The Balaban J connectivity index is 2.18. The molecular formula is C15H22N2O3S. The van der Waals surface area contributed by atoms with Gasteiger partial charge >= 0.3 is 5.97 Å². The van der Waals surface area contributed by atoms with E-state index in [9.17, 15) is 9.59 Å². The maximum absolute atomic E-state index is 12.2. The fraction of sp³-hybridized carbons (Fsp3) is 0.600. The highest BCUT2D eigenvalue weighted by atomic mass is 32.1. The summed E-state index contributed by atoms with van der Waals surface area (Å²) in [5, 5.41) is 5.30. The molecule has 1 fully saturated rings. The van der Waals surface area contributed by atoms with Crippen molar-refractivity contribution < 1.29 is 14.3 Å². The molecule has 0 radical (unpaired) electrons. The molecule has 116 valence electrons. The average molecular weight is 310 g/mol. The predicted octanol–water partition coefficient (Wildman–Crippen LogP) is 2.87. The molecule has 0 spiro atoms. The predicted molar refractivity (Wildman–Crippen MR) is 83.8 cm³/mol. The second-order valence-corrected chi connectivity index (χ2v) is 6.15. The van der Waals surface area contributed by atoms with Crippen molar-refractivity contribution in [3.05, 3.63) is 16.5 Å². The van der Waals surface area contributed by atoms with Crippen molar-refractivity contribution >= 4 is 28.2 Å². The first-order valence-corrected chi connectivity index (χ1v) is 8.31. The van der Waals surface area contributed by atoms with Gasteiger partial charge in [-0.15, -0.1) is 11.3 Å². The van der Waals surface area contributed by atoms with Crippen LogP contribution in [0.4, 0.5) is 5.00 Å². The zero-order valence-corrected chi connectivity index (χ0v) is 13.3. The van der Waals surface area contributed by atoms with Crippen molar-refractivity contribution in [3.8, 4) is 0 Å². The lowest BCUT2D eigenvalue weighted by atomic mass is 10.1. The fourth-order valence-corrected chi connectivity index (χ4v) is 3.25. The summed E-state index contributed by atoms with van der Waals surface area (Å²) in [5.74, 6) is -0.178. The Morgan fingerprint density at radius 3 is 2.76 bits per heavy atom. The molecule has 1 aliphatic rings. The molecule has 21 heavy (non-hydrogen) atoms. The molecule has 3 N–H and O–H groups in total. The van der Waals surface area contributed by atoms with E-state index in [1.54, 1.807) is 6.92 Å². The molecule has 0 unspecified atom stereocenters. The highest BCUT2D eigenvalue weighted by Crippen LogP contribution is 2.46. The molecule has 1 aliphatic carbocycles. The summed E-state index contributed by atoms with van der Waals surface area (Å²) in [6.45, 7) is 4.07. The SMILES string of the molecule is CCC[C@H](N)C(=O)Nc1scc(C2CC2)c1C(=O)OCC. The van der Waals surface area contributed by atoms with Gasteiger partial charge in [-0.05, 0) is 43.0 Å². The zero-order chi connectivity index (χ0) is 15.4. The minimum Gasteiger partial charge on any atom is -0.462 e. The van der Waals surface area contributed by atoms with Crippen molar-refractivity contribution in [2.24, 2.45) is 5.73 Å². The first-order chi connectivity index (χ1) is 10.1. The number of carbonyl (C=O) groups excluding carboxylic acids is 2. The Labute approximate surface area is 128 Å². The minimum absolute atomic E-state index is 0.244. The van der Waals surface area contributed by atoms with E-state index in [2.05, 4.69) is 5.32 Å². The minimum atomic E-state index is -0.545. The number of nitrogens with one attached hydrogen (secondary N) is 1. The second-order valence-electron chi connectivity index (χ2n) is 5.27. The Morgan fingerprint density at radius 2 is 2.19 bits per heavy atom. The number of rotatable bonds is 7. The third kappa shape index (κ3) is 3.83. The number of hydrogen-bond acceptors (Lipinski definition) is 5. The first kappa shape index (κ1) is 16.0. The van der Waals surface area contributed by atoms with Gasteiger partial charge in [0.2, 0.25) is 5.91 Å². The first-order valence-electron chi connectivity index (χ1n) is 7.43. The van der Waals surface area contributed by atoms with Crippen molar-refractivity contribution in [3.63, 3.8) is 0 Å². The van der Waals surface area contributed by atoms with Gasteiger partial charge in [-0.2, -0.15) is 0 Å². The van der Waals surface area contributed by atoms with E-state index in [1.807, 2.05) is 12.3 Å². The summed E-state index contributed by atoms with van der Waals surface area (Å²) in [5.41, 5.74) is 7.33. The highest BCUT2D eigenvalue weighted by molar-refractivity contribution is 7.15. The van der Waals surface area contributed by atoms with Crippen molar-refractivity contribution in [2.75, 3.05) is 11.9 Å². The van der Waals surface area contributed by atoms with Gasteiger partial charge < -0.3 is 15.8 Å². The lowest BCUT2D eigenvalue weighted by Gasteiger charge is -2.12. The standard InChI is InChI=1S/C15H22N2O3S/c1-3-5-11(16)13(18)17-14-12(15(19)20-4-2)10(8-21-14)9-6-7-9/h8-9,11H,3-7,16H2,1-2H3,(H,17,18)/t11-/m0/s1. The number of thiophene rings is 1. The molecule has 2 rings (SSSR count). The van der Waals surface area contributed by atoms with E-state index >= 15 is 0 Å². The van der Waals surface area contributed by atoms with E-state index in [4.69, 9.17) is 10.5 Å². The van der Waals surface area contributed by atoms with Crippen LogP contribution in [0.1, 0.15) is 61.4 Å². The Bertz CT molecular complexity index is 523. The summed E-state index contributed by atoms with van der Waals surface area (Å²) < 4.78 is 5.12. The van der Waals surface area contributed by atoms with Crippen LogP contribution in [0.15, 0.2) is 5.38 Å². The van der Waals surface area contributed by atoms with E-state index in [0.717, 1.165) is 24.8 Å². The molecular weight excluding hydrogens is 288 g/mol. The van der Waals surface area contributed by atoms with E-state index in [1.165, 1.54) is 11.3 Å². The maximum Gasteiger partial charge on any atom is 0.341 e. The molecule has 1 amide bonds. The maximum atomic E-state index is 12.2. The lowest BCUT2D eigenvalue weighted by molar-refractivity contribution is -0.117. The molecule has 1 heterocycles. The topological polar surface area (TPSA) is 81.4 Å². The Hall–Kier alpha value is -1.40. The summed E-state index contributed by atoms with van der Waals surface area (Å²) in [6.07, 6.45) is 3.65. The van der Waals surface area contributed by atoms with Crippen molar-refractivity contribution in [1.82, 2.24) is 0 Å². The van der Waals surface area contributed by atoms with Crippen LogP contribution >= 0.6 is 11.3 Å². The van der Waals surface area contributed by atoms with E-state index < -0.39 is 6.04 Å². The van der Waals surface area contributed by atoms with Gasteiger partial charge in [-0.1, -0.05) is 13.3 Å². The zero-order valence-electron chi connectivity index (χ0n) is 12.5. The van der Waals surface area contributed by atoms with Crippen LogP contribution in [-0.4, -0.2) is 24.5 Å². The number of ether oxygens (including phenoxy) is 1. The monoisotopic (exact) mass is 310 g/mol. The Morgan fingerprint density at radius 1 is 1.48 bits per heavy atom. The summed E-state index contributed by atoms with van der Waals surface area (Å²) in [6, 6.07) is -0.545. The quantitative estimate of drug-likeness (QED) is 0.759. The molecule has 1 aromatic heterocycles. The molecule has 1 atom stereocenters. The molecule has 0 aliphatic heterocycles. The molecule has 1 aromatic rings. The molecule has 5 nitrogen and oxygen atoms in total. The number of carbonyl (C=O) groups is 2. The van der Waals surface area contributed by atoms with Crippen LogP contribution < -0.4 is 11.1 Å². The van der Waals surface area contributed by atoms with E-state index in [0.29, 0.717) is 29.5 Å². The van der Waals surface area contributed by atoms with Gasteiger partial charge in [0.1, 0.15) is 5.00 Å². The largest absolute Gasteiger partial charge is 0.462 e. The second kappa shape index (κ2) is 7.04. The van der Waals surface area contributed by atoms with Gasteiger partial charge in [0, 0.05) is 0 Å². The van der Waals surface area contributed by atoms with Crippen molar-refractivity contribution in [2.45, 2.75) is 51.5 Å². The van der Waals surface area contributed by atoms with Gasteiger partial charge in [-0.3, -0.25) is 4.79 Å². The summed E-state index contributed by atoms with van der Waals surface area (Å²) >= 11 is 1.37. The number of hydrogen-bond donors (Lipinski definition) is 2. The smallest absolute Gasteiger partial charge is 0.341 e. The molecule has 0 saturated heterocycles. The van der Waals surface area contributed by atoms with E-state index in [-0.39, 0.29) is 11.9 Å². The Kier molecular flexibility index (Phi) is 5.36. The number of esters is 1. The summed E-state index contributed by atoms with van der Waals surface area (Å²) in [4.78, 5) is 24.2. The highest BCUT2D eigenvalue weighted by Gasteiger charge is 2.32. The van der Waals surface area contributed by atoms with Crippen molar-refractivity contribution in [1.29, 1.82) is 0 Å². The van der Waals surface area contributed by atoms with Crippen LogP contribution in [-0.2, 0) is 9.53 Å². The van der Waals surface area contributed by atoms with Crippen LogP contribution in [0.5, 0.6) is 0 Å². The molecule has 6 heteroatoms. The van der Waals surface area contributed by atoms with Gasteiger partial charge in [0.05, 0.1) is 18.2 Å². The van der Waals surface area contributed by atoms with Gasteiger partial charge in [0.15, 0.2) is 0 Å². The lowest BCUT2D eigenvalue weighted by Crippen LogP contribution is -2.35. The number of anilines is 1. The van der Waals surface area contributed by atoms with Crippen LogP contribution in [0.25, 0.3) is 0 Å². The van der Waals surface area contributed by atoms with Crippen LogP contribution in [0.2, 0.25) is 0 Å². The van der Waals surface area contributed by atoms with Gasteiger partial charge in [0.25, 0.3) is 0 Å².